The maximum atomic E-state index is 2.58. The minimum Gasteiger partial charge on any atom is -0.310 e. The van der Waals surface area contributed by atoms with Gasteiger partial charge in [-0.05, 0) is 146 Å². The molecule has 0 saturated carbocycles. The van der Waals surface area contributed by atoms with Crippen LogP contribution in [0, 0.1) is 0 Å². The third kappa shape index (κ3) is 5.56. The lowest BCUT2D eigenvalue weighted by molar-refractivity contribution is 0.475. The van der Waals surface area contributed by atoms with E-state index in [9.17, 15) is 0 Å². The van der Waals surface area contributed by atoms with Crippen molar-refractivity contribution in [3.63, 3.8) is 0 Å². The van der Waals surface area contributed by atoms with E-state index in [0.717, 1.165) is 35.6 Å². The van der Waals surface area contributed by atoms with Crippen molar-refractivity contribution in [2.24, 2.45) is 0 Å². The zero-order chi connectivity index (χ0) is 40.7. The Morgan fingerprint density at radius 3 is 1.36 bits per heavy atom. The number of nitrogens with zero attached hydrogens (tertiary/aromatic N) is 2. The molecule has 0 amide bonds. The van der Waals surface area contributed by atoms with E-state index < -0.39 is 0 Å². The molecule has 0 atom stereocenters. The zero-order valence-corrected chi connectivity index (χ0v) is 34.4. The lowest BCUT2D eigenvalue weighted by Gasteiger charge is -2.37. The Morgan fingerprint density at radius 2 is 0.836 bits per heavy atom. The van der Waals surface area contributed by atoms with Crippen LogP contribution in [0.5, 0.6) is 0 Å². The smallest absolute Gasteiger partial charge is 0.0546 e. The second-order valence-electron chi connectivity index (χ2n) is 17.3. The van der Waals surface area contributed by atoms with Crippen molar-refractivity contribution in [1.29, 1.82) is 0 Å². The van der Waals surface area contributed by atoms with Gasteiger partial charge >= 0.3 is 0 Å². The third-order valence-corrected chi connectivity index (χ3v) is 13.4. The maximum absolute atomic E-state index is 2.58. The monoisotopic (exact) mass is 780 g/mol. The summed E-state index contributed by atoms with van der Waals surface area (Å²) in [5.41, 5.74) is 12.3. The summed E-state index contributed by atoms with van der Waals surface area (Å²) in [6.45, 7) is 4.91. The fraction of sp³-hybridized carbons (Fsp3) is 0.0847. The fourth-order valence-corrected chi connectivity index (χ4v) is 10.5. The summed E-state index contributed by atoms with van der Waals surface area (Å²) in [7, 11) is 0. The highest BCUT2D eigenvalue weighted by Crippen LogP contribution is 2.55. The molecule has 0 N–H and O–H groups in total. The molecular formula is C59H44N2. The SMILES string of the molecule is CC1(C)CCc2cc(N(c3ccccc3)c3ccccc3)c3ccc4c(-c5c6ccccc6cc6ccccc56)cc(N(c5ccccc5)c5ccccc5)c5cc1c2c3c45. The van der Waals surface area contributed by atoms with Gasteiger partial charge in [0.05, 0.1) is 11.4 Å². The van der Waals surface area contributed by atoms with Crippen LogP contribution in [0.2, 0.25) is 0 Å². The Hall–Kier alpha value is -7.42. The Morgan fingerprint density at radius 1 is 0.377 bits per heavy atom. The fourth-order valence-electron chi connectivity index (χ4n) is 10.5. The molecule has 0 aliphatic heterocycles. The number of para-hydroxylation sites is 4. The van der Waals surface area contributed by atoms with E-state index in [1.807, 2.05) is 0 Å². The summed E-state index contributed by atoms with van der Waals surface area (Å²) in [6.07, 6.45) is 2.10. The lowest BCUT2D eigenvalue weighted by atomic mass is 9.70. The average Bonchev–Trinajstić information content (AvgIpc) is 3.31. The molecule has 0 fully saturated rings. The Balaban J connectivity index is 1.31. The number of benzene rings is 11. The van der Waals surface area contributed by atoms with Crippen molar-refractivity contribution < 1.29 is 0 Å². The average molecular weight is 781 g/mol. The van der Waals surface area contributed by atoms with Gasteiger partial charge in [0.2, 0.25) is 0 Å². The number of anilines is 6. The van der Waals surface area contributed by atoms with Crippen molar-refractivity contribution in [3.8, 4) is 11.1 Å². The van der Waals surface area contributed by atoms with Crippen LogP contribution in [0.1, 0.15) is 31.4 Å². The lowest BCUT2D eigenvalue weighted by Crippen LogP contribution is -2.24. The van der Waals surface area contributed by atoms with Crippen LogP contribution < -0.4 is 9.80 Å². The molecule has 290 valence electrons. The van der Waals surface area contributed by atoms with E-state index in [0.29, 0.717) is 0 Å². The van der Waals surface area contributed by atoms with Crippen LogP contribution in [-0.2, 0) is 11.8 Å². The highest BCUT2D eigenvalue weighted by molar-refractivity contribution is 6.33. The number of rotatable bonds is 7. The molecule has 0 unspecified atom stereocenters. The number of fused-ring (bicyclic) bond motifs is 2. The van der Waals surface area contributed by atoms with Gasteiger partial charge in [-0.2, -0.15) is 0 Å². The molecule has 0 radical (unpaired) electrons. The van der Waals surface area contributed by atoms with E-state index >= 15 is 0 Å². The third-order valence-electron chi connectivity index (χ3n) is 13.4. The van der Waals surface area contributed by atoms with Crippen molar-refractivity contribution >= 4 is 88.0 Å². The highest BCUT2D eigenvalue weighted by Gasteiger charge is 2.34. The number of aryl methyl sites for hydroxylation is 1. The highest BCUT2D eigenvalue weighted by atomic mass is 15.1. The first kappa shape index (κ1) is 35.5. The normalized spacial score (nSPS) is 13.4. The predicted octanol–water partition coefficient (Wildman–Crippen LogP) is 16.7. The van der Waals surface area contributed by atoms with E-state index in [1.165, 1.54) is 87.5 Å². The first-order valence-corrected chi connectivity index (χ1v) is 21.6. The first-order chi connectivity index (χ1) is 30.0. The summed E-state index contributed by atoms with van der Waals surface area (Å²) in [5, 5.41) is 12.9. The Bertz CT molecular complexity index is 3300. The molecule has 12 rings (SSSR count). The van der Waals surface area contributed by atoms with Crippen molar-refractivity contribution in [2.75, 3.05) is 9.80 Å². The van der Waals surface area contributed by atoms with Crippen LogP contribution in [0.3, 0.4) is 0 Å². The molecule has 11 aromatic carbocycles. The van der Waals surface area contributed by atoms with Gasteiger partial charge in [-0.3, -0.25) is 0 Å². The minimum atomic E-state index is -0.0219. The van der Waals surface area contributed by atoms with Crippen molar-refractivity contribution in [2.45, 2.75) is 32.1 Å². The molecule has 1 aliphatic rings. The Kier molecular flexibility index (Phi) is 8.05. The van der Waals surface area contributed by atoms with Gasteiger partial charge in [0.1, 0.15) is 0 Å². The first-order valence-electron chi connectivity index (χ1n) is 21.6. The van der Waals surface area contributed by atoms with Crippen LogP contribution in [0.4, 0.5) is 34.1 Å². The number of hydrogen-bond acceptors (Lipinski definition) is 2. The second-order valence-corrected chi connectivity index (χ2v) is 17.3. The molecule has 61 heavy (non-hydrogen) atoms. The maximum Gasteiger partial charge on any atom is 0.0546 e. The van der Waals surface area contributed by atoms with E-state index in [2.05, 4.69) is 230 Å². The van der Waals surface area contributed by atoms with Gasteiger partial charge in [0, 0.05) is 44.3 Å². The summed E-state index contributed by atoms with van der Waals surface area (Å²) in [6, 6.07) is 76.4. The van der Waals surface area contributed by atoms with Gasteiger partial charge in [0.15, 0.2) is 0 Å². The molecule has 0 bridgehead atoms. The molecule has 0 spiro atoms. The summed E-state index contributed by atoms with van der Waals surface area (Å²) < 4.78 is 0. The molecule has 0 aromatic heterocycles. The van der Waals surface area contributed by atoms with Gasteiger partial charge < -0.3 is 9.80 Å². The molecule has 2 nitrogen and oxygen atoms in total. The predicted molar refractivity (Wildman–Crippen MR) is 261 cm³/mol. The standard InChI is InChI=1S/C59H44N2/c1-59(2)34-33-41-36-53(60(42-21-7-3-8-22-42)43-23-9-4-10-24-43)49-32-31-48-50(56-46-29-17-15-19-39(46)35-40-20-16-18-30-47(40)56)38-54(51-37-52(59)55(41)58(49)57(48)51)61(44-25-11-5-12-26-44)45-27-13-6-14-28-45/h3-32,35-38H,33-34H2,1-2H3. The second kappa shape index (κ2) is 13.8. The van der Waals surface area contributed by atoms with Crippen molar-refractivity contribution in [1.82, 2.24) is 0 Å². The zero-order valence-electron chi connectivity index (χ0n) is 34.4. The molecule has 1 aliphatic carbocycles. The van der Waals surface area contributed by atoms with Gasteiger partial charge in [-0.25, -0.2) is 0 Å². The largest absolute Gasteiger partial charge is 0.310 e. The van der Waals surface area contributed by atoms with Gasteiger partial charge in [0.25, 0.3) is 0 Å². The summed E-state index contributed by atoms with van der Waals surface area (Å²) in [4.78, 5) is 4.97. The molecule has 2 heteroatoms. The van der Waals surface area contributed by atoms with Gasteiger partial charge in [-0.15, -0.1) is 0 Å². The minimum absolute atomic E-state index is 0.0219. The van der Waals surface area contributed by atoms with E-state index in [4.69, 9.17) is 0 Å². The Labute approximate surface area is 356 Å². The van der Waals surface area contributed by atoms with Gasteiger partial charge in [-0.1, -0.05) is 147 Å². The quantitative estimate of drug-likeness (QED) is 0.117. The van der Waals surface area contributed by atoms with Crippen LogP contribution in [0.15, 0.2) is 206 Å². The molecule has 11 aromatic rings. The molecular weight excluding hydrogens is 737 g/mol. The van der Waals surface area contributed by atoms with Crippen LogP contribution >= 0.6 is 0 Å². The topological polar surface area (TPSA) is 6.48 Å². The van der Waals surface area contributed by atoms with Crippen LogP contribution in [0.25, 0.3) is 65.0 Å². The summed E-state index contributed by atoms with van der Waals surface area (Å²) in [5.74, 6) is 0. The molecule has 0 heterocycles. The van der Waals surface area contributed by atoms with E-state index in [-0.39, 0.29) is 5.41 Å². The van der Waals surface area contributed by atoms with E-state index in [1.54, 1.807) is 0 Å². The number of hydrogen-bond donors (Lipinski definition) is 0. The van der Waals surface area contributed by atoms with Crippen molar-refractivity contribution in [3.05, 3.63) is 217 Å². The molecule has 0 saturated heterocycles. The van der Waals surface area contributed by atoms with Crippen LogP contribution in [-0.4, -0.2) is 0 Å². The summed E-state index contributed by atoms with van der Waals surface area (Å²) >= 11 is 0.